The molecule has 0 unspecified atom stereocenters. The summed E-state index contributed by atoms with van der Waals surface area (Å²) in [7, 11) is -3.89. The van der Waals surface area contributed by atoms with E-state index in [-0.39, 0.29) is 33.2 Å². The van der Waals surface area contributed by atoms with E-state index in [1.165, 1.54) is 12.1 Å². The predicted molar refractivity (Wildman–Crippen MR) is 98.9 cm³/mol. The second-order valence-corrected chi connectivity index (χ2v) is 9.39. The van der Waals surface area contributed by atoms with Gasteiger partial charge in [0.15, 0.2) is 9.84 Å². The minimum absolute atomic E-state index is 0.0898. The van der Waals surface area contributed by atoms with Gasteiger partial charge in [-0.25, -0.2) is 12.8 Å². The van der Waals surface area contributed by atoms with Crippen molar-refractivity contribution in [3.05, 3.63) is 64.4 Å². The Labute approximate surface area is 169 Å². The summed E-state index contributed by atoms with van der Waals surface area (Å²) < 4.78 is 76.7. The molecule has 1 aliphatic rings. The van der Waals surface area contributed by atoms with Gasteiger partial charge in [-0.2, -0.15) is 13.2 Å². The van der Waals surface area contributed by atoms with Crippen molar-refractivity contribution < 1.29 is 30.8 Å². The first-order valence-electron chi connectivity index (χ1n) is 8.61. The number of rotatable bonds is 5. The molecule has 3 rings (SSSR count). The topological polar surface area (TPSA) is 63.2 Å². The Morgan fingerprint density at radius 1 is 1.14 bits per heavy atom. The molecular formula is C19H16ClF4NO3S. The van der Waals surface area contributed by atoms with E-state index in [1.54, 1.807) is 0 Å². The van der Waals surface area contributed by atoms with Crippen LogP contribution < -0.4 is 5.32 Å². The van der Waals surface area contributed by atoms with Gasteiger partial charge in [-0.05, 0) is 55.2 Å². The number of halogens is 5. The number of carbonyl (C=O) groups excluding carboxylic acids is 1. The van der Waals surface area contributed by atoms with E-state index in [2.05, 4.69) is 5.32 Å². The number of hydrogen-bond acceptors (Lipinski definition) is 3. The zero-order valence-corrected chi connectivity index (χ0v) is 16.4. The molecular weight excluding hydrogens is 434 g/mol. The highest BCUT2D eigenvalue weighted by Crippen LogP contribution is 2.33. The summed E-state index contributed by atoms with van der Waals surface area (Å²) >= 11 is 5.57. The standard InChI is InChI=1S/C19H16ClF4NO3S/c20-16-5-4-12(8-17(16)21)18(26)25-14-6-11(7-14)10-29(27,28)15-3-1-2-13(9-15)19(22,23)24/h1-5,8-9,11,14H,6-7,10H2,(H,25,26). The average molecular weight is 450 g/mol. The first kappa shape index (κ1) is 21.6. The van der Waals surface area contributed by atoms with Gasteiger partial charge in [-0.1, -0.05) is 17.7 Å². The van der Waals surface area contributed by atoms with Gasteiger partial charge in [0.05, 0.1) is 21.2 Å². The number of hydrogen-bond donors (Lipinski definition) is 1. The van der Waals surface area contributed by atoms with E-state index in [0.717, 1.165) is 24.3 Å². The lowest BCUT2D eigenvalue weighted by molar-refractivity contribution is -0.137. The monoisotopic (exact) mass is 449 g/mol. The normalized spacial score (nSPS) is 19.5. The Bertz CT molecular complexity index is 1030. The zero-order valence-electron chi connectivity index (χ0n) is 14.8. The van der Waals surface area contributed by atoms with Crippen LogP contribution in [0.1, 0.15) is 28.8 Å². The van der Waals surface area contributed by atoms with Gasteiger partial charge in [-0.3, -0.25) is 4.79 Å². The van der Waals surface area contributed by atoms with Crippen LogP contribution in [0, 0.1) is 11.7 Å². The smallest absolute Gasteiger partial charge is 0.349 e. The van der Waals surface area contributed by atoms with Gasteiger partial charge in [0, 0.05) is 11.6 Å². The fourth-order valence-corrected chi connectivity index (χ4v) is 4.96. The molecule has 29 heavy (non-hydrogen) atoms. The molecule has 10 heteroatoms. The molecule has 156 valence electrons. The van der Waals surface area contributed by atoms with Crippen LogP contribution >= 0.6 is 11.6 Å². The fourth-order valence-electron chi connectivity index (χ4n) is 3.17. The van der Waals surface area contributed by atoms with Crippen LogP contribution in [0.25, 0.3) is 0 Å². The molecule has 1 fully saturated rings. The molecule has 2 aromatic rings. The number of nitrogens with one attached hydrogen (secondary N) is 1. The maximum atomic E-state index is 13.4. The predicted octanol–water partition coefficient (Wildman–Crippen LogP) is 4.48. The SMILES string of the molecule is O=C(NC1CC(CS(=O)(=O)c2cccc(C(F)(F)F)c2)C1)c1ccc(Cl)c(F)c1. The van der Waals surface area contributed by atoms with Gasteiger partial charge >= 0.3 is 6.18 Å². The summed E-state index contributed by atoms with van der Waals surface area (Å²) in [6, 6.07) is 6.98. The highest BCUT2D eigenvalue weighted by atomic mass is 35.5. The van der Waals surface area contributed by atoms with E-state index >= 15 is 0 Å². The van der Waals surface area contributed by atoms with Gasteiger partial charge in [0.2, 0.25) is 0 Å². The second kappa shape index (κ2) is 7.95. The van der Waals surface area contributed by atoms with Crippen LogP contribution in [0.15, 0.2) is 47.4 Å². The van der Waals surface area contributed by atoms with Crippen molar-refractivity contribution in [3.8, 4) is 0 Å². The molecule has 0 radical (unpaired) electrons. The van der Waals surface area contributed by atoms with Crippen molar-refractivity contribution in [2.24, 2.45) is 5.92 Å². The lowest BCUT2D eigenvalue weighted by atomic mass is 9.81. The lowest BCUT2D eigenvalue weighted by Gasteiger charge is -2.35. The molecule has 0 heterocycles. The summed E-state index contributed by atoms with van der Waals surface area (Å²) in [6.07, 6.45) is -3.90. The quantitative estimate of drug-likeness (QED) is 0.684. The molecule has 1 aliphatic carbocycles. The Morgan fingerprint density at radius 2 is 1.83 bits per heavy atom. The summed E-state index contributed by atoms with van der Waals surface area (Å²) in [5, 5.41) is 2.57. The van der Waals surface area contributed by atoms with Gasteiger partial charge in [0.1, 0.15) is 5.82 Å². The highest BCUT2D eigenvalue weighted by molar-refractivity contribution is 7.91. The molecule has 0 aromatic heterocycles. The molecule has 0 bridgehead atoms. The number of amides is 1. The van der Waals surface area contributed by atoms with Crippen molar-refractivity contribution in [2.45, 2.75) is 30.0 Å². The first-order chi connectivity index (χ1) is 13.5. The highest BCUT2D eigenvalue weighted by Gasteiger charge is 2.36. The van der Waals surface area contributed by atoms with E-state index in [0.29, 0.717) is 18.9 Å². The van der Waals surface area contributed by atoms with Crippen molar-refractivity contribution in [3.63, 3.8) is 0 Å². The van der Waals surface area contributed by atoms with Crippen LogP contribution in [0.3, 0.4) is 0 Å². The Hall–Kier alpha value is -2.13. The molecule has 0 aliphatic heterocycles. The van der Waals surface area contributed by atoms with Crippen LogP contribution in [0.5, 0.6) is 0 Å². The third kappa shape index (κ3) is 5.08. The summed E-state index contributed by atoms with van der Waals surface area (Å²) in [6.45, 7) is 0. The van der Waals surface area contributed by atoms with Crippen molar-refractivity contribution in [1.82, 2.24) is 5.32 Å². The molecule has 1 amide bonds. The minimum Gasteiger partial charge on any atom is -0.349 e. The molecule has 0 saturated heterocycles. The van der Waals surface area contributed by atoms with Crippen molar-refractivity contribution in [1.29, 1.82) is 0 Å². The van der Waals surface area contributed by atoms with Crippen LogP contribution in [0.4, 0.5) is 17.6 Å². The number of alkyl halides is 3. The first-order valence-corrected chi connectivity index (χ1v) is 10.6. The van der Waals surface area contributed by atoms with Crippen molar-refractivity contribution >= 4 is 27.3 Å². The van der Waals surface area contributed by atoms with E-state index < -0.39 is 33.3 Å². The molecule has 0 spiro atoms. The van der Waals surface area contributed by atoms with E-state index in [4.69, 9.17) is 11.6 Å². The van der Waals surface area contributed by atoms with E-state index in [1.807, 2.05) is 0 Å². The second-order valence-electron chi connectivity index (χ2n) is 6.94. The largest absolute Gasteiger partial charge is 0.416 e. The average Bonchev–Trinajstić information content (AvgIpc) is 2.61. The summed E-state index contributed by atoms with van der Waals surface area (Å²) in [5.74, 6) is -1.83. The maximum Gasteiger partial charge on any atom is 0.416 e. The molecule has 1 saturated carbocycles. The lowest BCUT2D eigenvalue weighted by Crippen LogP contribution is -2.46. The molecule has 2 aromatic carbocycles. The van der Waals surface area contributed by atoms with Crippen molar-refractivity contribution in [2.75, 3.05) is 5.75 Å². The number of sulfone groups is 1. The Morgan fingerprint density at radius 3 is 2.45 bits per heavy atom. The van der Waals surface area contributed by atoms with E-state index in [9.17, 15) is 30.8 Å². The molecule has 0 atom stereocenters. The number of benzene rings is 2. The minimum atomic E-state index is -4.63. The van der Waals surface area contributed by atoms with Gasteiger partial charge in [-0.15, -0.1) is 0 Å². The Kier molecular flexibility index (Phi) is 5.91. The van der Waals surface area contributed by atoms with Crippen LogP contribution in [0.2, 0.25) is 5.02 Å². The van der Waals surface area contributed by atoms with Gasteiger partial charge in [0.25, 0.3) is 5.91 Å². The number of carbonyl (C=O) groups is 1. The zero-order chi connectivity index (χ0) is 21.4. The third-order valence-electron chi connectivity index (χ3n) is 4.73. The maximum absolute atomic E-state index is 13.4. The Balaban J connectivity index is 1.57. The fraction of sp³-hybridized carbons (Fsp3) is 0.316. The van der Waals surface area contributed by atoms with Crippen LogP contribution in [-0.4, -0.2) is 26.1 Å². The molecule has 4 nitrogen and oxygen atoms in total. The third-order valence-corrected chi connectivity index (χ3v) is 6.92. The summed E-state index contributed by atoms with van der Waals surface area (Å²) in [5.41, 5.74) is -0.931. The van der Waals surface area contributed by atoms with Crippen LogP contribution in [-0.2, 0) is 16.0 Å². The van der Waals surface area contributed by atoms with Gasteiger partial charge < -0.3 is 5.32 Å². The molecule has 1 N–H and O–H groups in total. The summed E-state index contributed by atoms with van der Waals surface area (Å²) in [4.78, 5) is 11.7.